The van der Waals surface area contributed by atoms with Gasteiger partial charge in [0, 0.05) is 42.7 Å². The first-order valence-corrected chi connectivity index (χ1v) is 9.33. The Hall–Kier alpha value is -3.26. The number of hydrogen-bond donors (Lipinski definition) is 2. The number of hydrogen-bond acceptors (Lipinski definition) is 5. The molecule has 3 amide bonds. The Labute approximate surface area is 169 Å². The minimum absolute atomic E-state index is 0.0822. The fourth-order valence-corrected chi connectivity index (χ4v) is 2.98. The molecule has 1 aliphatic rings. The average molecular weight is 399 g/mol. The van der Waals surface area contributed by atoms with E-state index in [4.69, 9.17) is 14.2 Å². The molecule has 1 saturated heterocycles. The van der Waals surface area contributed by atoms with Crippen LogP contribution in [0.4, 0.5) is 16.2 Å². The maximum absolute atomic E-state index is 12.3. The molecule has 1 fully saturated rings. The Kier molecular flexibility index (Phi) is 6.91. The minimum atomic E-state index is -0.391. The molecular weight excluding hydrogens is 374 g/mol. The summed E-state index contributed by atoms with van der Waals surface area (Å²) in [5.41, 5.74) is 2.07. The predicted octanol–water partition coefficient (Wildman–Crippen LogP) is 2.75. The van der Waals surface area contributed by atoms with Crippen LogP contribution in [0.2, 0.25) is 0 Å². The molecule has 2 aromatic rings. The maximum Gasteiger partial charge on any atom is 0.323 e. The zero-order valence-electron chi connectivity index (χ0n) is 16.6. The van der Waals surface area contributed by atoms with Gasteiger partial charge in [-0.3, -0.25) is 4.79 Å². The summed E-state index contributed by atoms with van der Waals surface area (Å²) in [6.07, 6.45) is 0.329. The van der Waals surface area contributed by atoms with E-state index >= 15 is 0 Å². The van der Waals surface area contributed by atoms with Crippen LogP contribution in [0.5, 0.6) is 11.5 Å². The number of nitrogens with one attached hydrogen (secondary N) is 2. The molecule has 0 aliphatic carbocycles. The Morgan fingerprint density at radius 3 is 2.10 bits per heavy atom. The molecule has 0 spiro atoms. The summed E-state index contributed by atoms with van der Waals surface area (Å²) >= 11 is 0. The molecule has 154 valence electrons. The summed E-state index contributed by atoms with van der Waals surface area (Å²) in [7, 11) is 3.09. The van der Waals surface area contributed by atoms with Gasteiger partial charge in [-0.2, -0.15) is 0 Å². The number of carbonyl (C=O) groups excluding carboxylic acids is 2. The van der Waals surface area contributed by atoms with Crippen LogP contribution in [0, 0.1) is 0 Å². The van der Waals surface area contributed by atoms with E-state index < -0.39 is 6.03 Å². The molecular formula is C21H25N3O5. The number of urea groups is 1. The second-order valence-electron chi connectivity index (χ2n) is 6.55. The van der Waals surface area contributed by atoms with Gasteiger partial charge in [-0.15, -0.1) is 0 Å². The maximum atomic E-state index is 12.3. The smallest absolute Gasteiger partial charge is 0.323 e. The third-order valence-corrected chi connectivity index (χ3v) is 4.54. The summed E-state index contributed by atoms with van der Waals surface area (Å²) in [5, 5.41) is 5.51. The van der Waals surface area contributed by atoms with E-state index in [1.807, 2.05) is 17.0 Å². The molecule has 8 nitrogen and oxygen atoms in total. The quantitative estimate of drug-likeness (QED) is 0.780. The van der Waals surface area contributed by atoms with Crippen LogP contribution in [0.1, 0.15) is 5.56 Å². The van der Waals surface area contributed by atoms with Gasteiger partial charge < -0.3 is 29.7 Å². The van der Waals surface area contributed by atoms with Crippen LogP contribution in [-0.2, 0) is 16.0 Å². The van der Waals surface area contributed by atoms with Gasteiger partial charge in [-0.1, -0.05) is 12.1 Å². The van der Waals surface area contributed by atoms with Crippen LogP contribution in [0.25, 0.3) is 0 Å². The summed E-state index contributed by atoms with van der Waals surface area (Å²) in [6, 6.07) is 11.9. The highest BCUT2D eigenvalue weighted by Gasteiger charge is 2.17. The number of morpholine rings is 1. The van der Waals surface area contributed by atoms with Crippen molar-refractivity contribution in [2.75, 3.05) is 51.2 Å². The Balaban J connectivity index is 1.55. The fourth-order valence-electron chi connectivity index (χ4n) is 2.98. The molecule has 0 bridgehead atoms. The van der Waals surface area contributed by atoms with Gasteiger partial charge >= 0.3 is 6.03 Å². The highest BCUT2D eigenvalue weighted by atomic mass is 16.5. The first kappa shape index (κ1) is 20.5. The van der Waals surface area contributed by atoms with Crippen molar-refractivity contribution in [3.8, 4) is 11.5 Å². The number of benzene rings is 2. The van der Waals surface area contributed by atoms with Gasteiger partial charge in [-0.25, -0.2) is 4.79 Å². The van der Waals surface area contributed by atoms with E-state index in [0.717, 1.165) is 5.56 Å². The van der Waals surface area contributed by atoms with Crippen LogP contribution in [0.3, 0.4) is 0 Å². The second kappa shape index (κ2) is 9.79. The summed E-state index contributed by atoms with van der Waals surface area (Å²) in [6.45, 7) is 2.44. The number of rotatable bonds is 6. The number of methoxy groups -OCH3 is 2. The minimum Gasteiger partial charge on any atom is -0.497 e. The highest BCUT2D eigenvalue weighted by Crippen LogP contribution is 2.25. The predicted molar refractivity (Wildman–Crippen MR) is 110 cm³/mol. The van der Waals surface area contributed by atoms with Crippen molar-refractivity contribution in [3.05, 3.63) is 48.0 Å². The van der Waals surface area contributed by atoms with Crippen LogP contribution < -0.4 is 20.1 Å². The van der Waals surface area contributed by atoms with Crippen LogP contribution >= 0.6 is 0 Å². The van der Waals surface area contributed by atoms with Crippen molar-refractivity contribution in [2.24, 2.45) is 0 Å². The highest BCUT2D eigenvalue weighted by molar-refractivity contribution is 6.00. The van der Waals surface area contributed by atoms with Crippen LogP contribution in [0.15, 0.2) is 42.5 Å². The molecule has 0 atom stereocenters. The molecule has 0 unspecified atom stereocenters. The lowest BCUT2D eigenvalue weighted by molar-refractivity contribution is -0.134. The summed E-state index contributed by atoms with van der Waals surface area (Å²) in [5.74, 6) is 1.24. The number of anilines is 2. The molecule has 1 heterocycles. The number of amides is 3. The van der Waals surface area contributed by atoms with Crippen molar-refractivity contribution < 1.29 is 23.8 Å². The van der Waals surface area contributed by atoms with Crippen molar-refractivity contribution in [1.29, 1.82) is 0 Å². The van der Waals surface area contributed by atoms with E-state index in [1.54, 1.807) is 44.6 Å². The van der Waals surface area contributed by atoms with E-state index in [0.29, 0.717) is 55.6 Å². The fraction of sp³-hybridized carbons (Fsp3) is 0.333. The normalized spacial score (nSPS) is 13.5. The van der Waals surface area contributed by atoms with Gasteiger partial charge in [0.25, 0.3) is 0 Å². The van der Waals surface area contributed by atoms with E-state index in [2.05, 4.69) is 10.6 Å². The molecule has 2 N–H and O–H groups in total. The molecule has 0 radical (unpaired) electrons. The lowest BCUT2D eigenvalue weighted by Gasteiger charge is -2.26. The Bertz CT molecular complexity index is 826. The molecule has 0 saturated carbocycles. The Morgan fingerprint density at radius 1 is 0.931 bits per heavy atom. The number of nitrogens with zero attached hydrogens (tertiary/aromatic N) is 1. The van der Waals surface area contributed by atoms with Gasteiger partial charge in [0.1, 0.15) is 11.5 Å². The van der Waals surface area contributed by atoms with Gasteiger partial charge in [0.15, 0.2) is 0 Å². The molecule has 29 heavy (non-hydrogen) atoms. The van der Waals surface area contributed by atoms with Gasteiger partial charge in [-0.05, 0) is 17.7 Å². The molecule has 3 rings (SSSR count). The van der Waals surface area contributed by atoms with E-state index in [1.165, 1.54) is 0 Å². The largest absolute Gasteiger partial charge is 0.497 e. The topological polar surface area (TPSA) is 89.1 Å². The van der Waals surface area contributed by atoms with Crippen molar-refractivity contribution in [3.63, 3.8) is 0 Å². The summed E-state index contributed by atoms with van der Waals surface area (Å²) < 4.78 is 15.7. The Morgan fingerprint density at radius 2 is 1.52 bits per heavy atom. The molecule has 2 aromatic carbocycles. The monoisotopic (exact) mass is 399 g/mol. The van der Waals surface area contributed by atoms with Crippen molar-refractivity contribution in [2.45, 2.75) is 6.42 Å². The zero-order valence-corrected chi connectivity index (χ0v) is 16.6. The first-order chi connectivity index (χ1) is 14.1. The average Bonchev–Trinajstić information content (AvgIpc) is 2.75. The van der Waals surface area contributed by atoms with E-state index in [-0.39, 0.29) is 5.91 Å². The lowest BCUT2D eigenvalue weighted by atomic mass is 10.1. The third kappa shape index (κ3) is 5.86. The number of ether oxygens (including phenoxy) is 3. The molecule has 8 heteroatoms. The molecule has 0 aromatic heterocycles. The van der Waals surface area contributed by atoms with Gasteiger partial charge in [0.2, 0.25) is 5.91 Å². The van der Waals surface area contributed by atoms with Crippen molar-refractivity contribution >= 4 is 23.3 Å². The second-order valence-corrected chi connectivity index (χ2v) is 6.55. The zero-order chi connectivity index (χ0) is 20.6. The van der Waals surface area contributed by atoms with Crippen LogP contribution in [-0.4, -0.2) is 57.4 Å². The molecule has 1 aliphatic heterocycles. The van der Waals surface area contributed by atoms with Crippen molar-refractivity contribution in [1.82, 2.24) is 4.90 Å². The van der Waals surface area contributed by atoms with E-state index in [9.17, 15) is 9.59 Å². The van der Waals surface area contributed by atoms with Gasteiger partial charge in [0.05, 0.1) is 33.9 Å². The summed E-state index contributed by atoms with van der Waals surface area (Å²) in [4.78, 5) is 26.4. The third-order valence-electron chi connectivity index (χ3n) is 4.54. The standard InChI is InChI=1S/C21H25N3O5/c1-27-18-12-17(13-19(14-18)28-2)23-21(26)22-16-5-3-15(4-6-16)11-20(25)24-7-9-29-10-8-24/h3-6,12-14H,7-11H2,1-2H3,(H2,22,23,26). The number of carbonyl (C=O) groups is 2. The SMILES string of the molecule is COc1cc(NC(=O)Nc2ccc(CC(=O)N3CCOCC3)cc2)cc(OC)c1. The first-order valence-electron chi connectivity index (χ1n) is 9.33. The lowest BCUT2D eigenvalue weighted by Crippen LogP contribution is -2.41.